The quantitative estimate of drug-likeness (QED) is 0.388. The first-order valence-corrected chi connectivity index (χ1v) is 14.3. The number of anilines is 1. The van der Waals surface area contributed by atoms with E-state index in [1.165, 1.54) is 0 Å². The molecule has 5 heterocycles. The zero-order chi connectivity index (χ0) is 28.4. The van der Waals surface area contributed by atoms with Gasteiger partial charge >= 0.3 is 6.09 Å². The first kappa shape index (κ1) is 26.4. The summed E-state index contributed by atoms with van der Waals surface area (Å²) in [6, 6.07) is 6.25. The number of likely N-dealkylation sites (tertiary alicyclic amines) is 1. The molecule has 5 N–H and O–H groups in total. The Balaban J connectivity index is 1.41. The number of nitrogens with zero attached hydrogens (tertiary/aromatic N) is 3. The van der Waals surface area contributed by atoms with Gasteiger partial charge in [-0.05, 0) is 55.1 Å². The third kappa shape index (κ3) is 4.24. The van der Waals surface area contributed by atoms with E-state index in [1.54, 1.807) is 11.1 Å². The molecule has 1 spiro atoms. The Morgan fingerprint density at radius 3 is 2.67 bits per heavy atom. The van der Waals surface area contributed by atoms with Crippen LogP contribution in [0, 0.1) is 10.8 Å². The number of benzene rings is 1. The van der Waals surface area contributed by atoms with Gasteiger partial charge in [-0.3, -0.25) is 9.59 Å². The van der Waals surface area contributed by atoms with Crippen LogP contribution in [-0.4, -0.2) is 70.1 Å². The van der Waals surface area contributed by atoms with Gasteiger partial charge in [-0.25, -0.2) is 9.78 Å². The number of aromatic nitrogens is 2. The summed E-state index contributed by atoms with van der Waals surface area (Å²) in [7, 11) is 0. The Kier molecular flexibility index (Phi) is 6.19. The number of nitrogens with two attached hydrogens (primary N) is 1. The second-order valence-corrected chi connectivity index (χ2v) is 12.9. The lowest BCUT2D eigenvalue weighted by molar-refractivity contribution is -0.128. The number of carbonyl (C=O) groups is 3. The average Bonchev–Trinajstić information content (AvgIpc) is 3.46. The van der Waals surface area contributed by atoms with Crippen molar-refractivity contribution in [1.29, 1.82) is 0 Å². The zero-order valence-electron chi connectivity index (χ0n) is 23.4. The van der Waals surface area contributed by atoms with E-state index < -0.39 is 17.4 Å². The molecular weight excluding hydrogens is 508 g/mol. The van der Waals surface area contributed by atoms with Gasteiger partial charge in [-0.15, -0.1) is 0 Å². The number of rotatable bonds is 3. The van der Waals surface area contributed by atoms with E-state index in [0.29, 0.717) is 30.7 Å². The van der Waals surface area contributed by atoms with Crippen molar-refractivity contribution < 1.29 is 19.5 Å². The maximum absolute atomic E-state index is 12.8. The number of carbonyl (C=O) groups excluding carboxylic acids is 2. The third-order valence-electron chi connectivity index (χ3n) is 9.46. The maximum Gasteiger partial charge on any atom is 0.407 e. The van der Waals surface area contributed by atoms with Crippen LogP contribution < -0.4 is 16.0 Å². The number of aromatic amines is 1. The minimum absolute atomic E-state index is 0.0846. The van der Waals surface area contributed by atoms with E-state index in [-0.39, 0.29) is 23.3 Å². The molecule has 3 unspecified atom stereocenters. The van der Waals surface area contributed by atoms with Crippen molar-refractivity contribution in [3.8, 4) is 0 Å². The van der Waals surface area contributed by atoms with E-state index in [0.717, 1.165) is 66.3 Å². The molecule has 3 saturated heterocycles. The first-order valence-electron chi connectivity index (χ1n) is 14.3. The minimum Gasteiger partial charge on any atom is -0.465 e. The molecule has 1 aromatic carbocycles. The van der Waals surface area contributed by atoms with Crippen LogP contribution in [-0.2, 0) is 4.79 Å². The summed E-state index contributed by atoms with van der Waals surface area (Å²) in [5, 5.41) is 14.6. The van der Waals surface area contributed by atoms with Crippen LogP contribution in [0.3, 0.4) is 0 Å². The molecular formula is C30H38N6O4. The molecule has 40 heavy (non-hydrogen) atoms. The highest BCUT2D eigenvalue weighted by atomic mass is 16.4. The molecule has 3 fully saturated rings. The molecule has 0 bridgehead atoms. The minimum atomic E-state index is -0.863. The number of nitrogens with one attached hydrogen (secondary N) is 2. The smallest absolute Gasteiger partial charge is 0.407 e. The van der Waals surface area contributed by atoms with Gasteiger partial charge in [-0.1, -0.05) is 32.9 Å². The summed E-state index contributed by atoms with van der Waals surface area (Å²) >= 11 is 0. The third-order valence-corrected chi connectivity index (χ3v) is 9.46. The Labute approximate surface area is 233 Å². The summed E-state index contributed by atoms with van der Waals surface area (Å²) in [5.41, 5.74) is 8.22. The predicted molar refractivity (Wildman–Crippen MR) is 154 cm³/mol. The van der Waals surface area contributed by atoms with Crippen LogP contribution >= 0.6 is 0 Å². The molecule has 3 atom stereocenters. The number of H-pyrrole nitrogens is 1. The molecule has 6 rings (SSSR count). The largest absolute Gasteiger partial charge is 0.465 e. The first-order chi connectivity index (χ1) is 19.0. The van der Waals surface area contributed by atoms with E-state index in [4.69, 9.17) is 10.7 Å². The van der Waals surface area contributed by atoms with Crippen molar-refractivity contribution in [2.75, 3.05) is 31.1 Å². The van der Waals surface area contributed by atoms with Gasteiger partial charge in [0.25, 0.3) is 5.91 Å². The lowest BCUT2D eigenvalue weighted by Crippen LogP contribution is -2.51. The Bertz CT molecular complexity index is 1520. The van der Waals surface area contributed by atoms with Crippen LogP contribution in [0.2, 0.25) is 0 Å². The summed E-state index contributed by atoms with van der Waals surface area (Å²) in [6.45, 7) is 8.86. The van der Waals surface area contributed by atoms with Crippen LogP contribution in [0.4, 0.5) is 10.6 Å². The lowest BCUT2D eigenvalue weighted by atomic mass is 9.75. The van der Waals surface area contributed by atoms with Gasteiger partial charge in [0, 0.05) is 49.3 Å². The molecule has 2 aromatic heterocycles. The number of hydrogen-bond donors (Lipinski definition) is 4. The van der Waals surface area contributed by atoms with Gasteiger partial charge in [0.2, 0.25) is 5.91 Å². The highest BCUT2D eigenvalue weighted by Crippen LogP contribution is 2.43. The van der Waals surface area contributed by atoms with Crippen LogP contribution in [0.15, 0.2) is 24.4 Å². The molecule has 3 aromatic rings. The molecule has 3 aliphatic rings. The number of primary amides is 1. The van der Waals surface area contributed by atoms with Crippen molar-refractivity contribution in [3.63, 3.8) is 0 Å². The SMILES string of the molecule is CC(C)(C)C1CC(c2ccc3c(c2)[nH]c2c(C(N)=O)cnc(N4CCCC5(CCNC5=O)C4)c23)CCN1C(=O)O. The molecule has 3 amide bonds. The van der Waals surface area contributed by atoms with Crippen LogP contribution in [0.5, 0.6) is 0 Å². The van der Waals surface area contributed by atoms with Gasteiger partial charge in [-0.2, -0.15) is 0 Å². The normalized spacial score (nSPS) is 25.6. The zero-order valence-corrected chi connectivity index (χ0v) is 23.4. The van der Waals surface area contributed by atoms with Crippen molar-refractivity contribution >= 4 is 45.5 Å². The Morgan fingerprint density at radius 1 is 1.20 bits per heavy atom. The van der Waals surface area contributed by atoms with Crippen molar-refractivity contribution in [2.24, 2.45) is 16.6 Å². The maximum atomic E-state index is 12.8. The summed E-state index contributed by atoms with van der Waals surface area (Å²) in [5.74, 6) is 0.551. The molecule has 0 saturated carbocycles. The number of fused-ring (bicyclic) bond motifs is 3. The number of pyridine rings is 1. The van der Waals surface area contributed by atoms with Gasteiger partial charge in [0.1, 0.15) is 5.82 Å². The fourth-order valence-electron chi connectivity index (χ4n) is 7.32. The second kappa shape index (κ2) is 9.38. The molecule has 3 aliphatic heterocycles. The summed E-state index contributed by atoms with van der Waals surface area (Å²) in [4.78, 5) is 49.1. The Morgan fingerprint density at radius 2 is 2.00 bits per heavy atom. The van der Waals surface area contributed by atoms with E-state index in [1.807, 2.05) is 0 Å². The van der Waals surface area contributed by atoms with E-state index in [2.05, 4.69) is 54.2 Å². The fraction of sp³-hybridized carbons (Fsp3) is 0.533. The predicted octanol–water partition coefficient (Wildman–Crippen LogP) is 4.19. The summed E-state index contributed by atoms with van der Waals surface area (Å²) in [6.07, 6.45) is 4.76. The fourth-order valence-corrected chi connectivity index (χ4v) is 7.32. The lowest BCUT2D eigenvalue weighted by Gasteiger charge is -2.44. The number of carboxylic acid groups (broad SMARTS) is 1. The monoisotopic (exact) mass is 546 g/mol. The van der Waals surface area contributed by atoms with Crippen LogP contribution in [0.25, 0.3) is 21.8 Å². The molecule has 0 aliphatic carbocycles. The highest BCUT2D eigenvalue weighted by molar-refractivity contribution is 6.18. The second-order valence-electron chi connectivity index (χ2n) is 12.9. The average molecular weight is 547 g/mol. The van der Waals surface area contributed by atoms with Gasteiger partial charge in [0.05, 0.1) is 21.9 Å². The molecule has 10 heteroatoms. The van der Waals surface area contributed by atoms with Crippen LogP contribution in [0.1, 0.15) is 74.7 Å². The topological polar surface area (TPSA) is 145 Å². The molecule has 10 nitrogen and oxygen atoms in total. The molecule has 212 valence electrons. The van der Waals surface area contributed by atoms with Crippen molar-refractivity contribution in [3.05, 3.63) is 35.5 Å². The number of amides is 3. The standard InChI is InChI=1S/C30H38N6O4/c1-29(2,3)22-14-18(7-12-36(22)28(39)40)17-5-6-19-21(13-17)34-24-20(25(31)37)15-33-26(23(19)24)35-11-4-8-30(16-35)9-10-32-27(30)38/h5-6,13,15,18,22,34H,4,7-12,14,16H2,1-3H3,(H2,31,37)(H,32,38)(H,39,40). The number of hydrogen-bond acceptors (Lipinski definition) is 5. The van der Waals surface area contributed by atoms with Crippen molar-refractivity contribution in [2.45, 2.75) is 64.8 Å². The van der Waals surface area contributed by atoms with Gasteiger partial charge < -0.3 is 30.9 Å². The van der Waals surface area contributed by atoms with Gasteiger partial charge in [0.15, 0.2) is 0 Å². The van der Waals surface area contributed by atoms with E-state index >= 15 is 0 Å². The Hall–Kier alpha value is -3.82. The highest BCUT2D eigenvalue weighted by Gasteiger charge is 2.46. The summed E-state index contributed by atoms with van der Waals surface area (Å²) < 4.78 is 0. The molecule has 0 radical (unpaired) electrons. The van der Waals surface area contributed by atoms with Crippen molar-refractivity contribution in [1.82, 2.24) is 20.2 Å². The van der Waals surface area contributed by atoms with E-state index in [9.17, 15) is 19.5 Å². The number of piperidine rings is 2.